The molecule has 27 heavy (non-hydrogen) atoms. The lowest BCUT2D eigenvalue weighted by Gasteiger charge is -2.35. The number of benzene rings is 2. The number of ether oxygens (including phenoxy) is 3. The Bertz CT molecular complexity index is 899. The summed E-state index contributed by atoms with van der Waals surface area (Å²) in [6.07, 6.45) is 5.05. The molecule has 140 valence electrons. The minimum atomic E-state index is -1.20. The quantitative estimate of drug-likeness (QED) is 0.645. The summed E-state index contributed by atoms with van der Waals surface area (Å²) in [4.78, 5) is 12.9. The molecule has 5 heteroatoms. The Morgan fingerprint density at radius 1 is 1.22 bits per heavy atom. The van der Waals surface area contributed by atoms with E-state index in [0.29, 0.717) is 28.7 Å². The highest BCUT2D eigenvalue weighted by Crippen LogP contribution is 2.42. The molecule has 0 N–H and O–H groups in total. The minimum Gasteiger partial charge on any atom is -0.493 e. The molecule has 2 aromatic rings. The summed E-state index contributed by atoms with van der Waals surface area (Å²) in [5.74, 6) is -0.223. The van der Waals surface area contributed by atoms with E-state index in [0.717, 1.165) is 11.1 Å². The van der Waals surface area contributed by atoms with Crippen molar-refractivity contribution in [1.82, 2.24) is 0 Å². The average molecular weight is 385 g/mol. The Kier molecular flexibility index (Phi) is 5.68. The summed E-state index contributed by atoms with van der Waals surface area (Å²) in [6, 6.07) is 12.8. The van der Waals surface area contributed by atoms with Crippen LogP contribution in [0, 0.1) is 0 Å². The number of allylic oxidation sites excluding steroid dienone is 1. The Morgan fingerprint density at radius 3 is 2.63 bits per heavy atom. The maximum Gasteiger partial charge on any atom is 0.238 e. The van der Waals surface area contributed by atoms with Gasteiger partial charge >= 0.3 is 0 Å². The van der Waals surface area contributed by atoms with Gasteiger partial charge in [-0.3, -0.25) is 4.79 Å². The van der Waals surface area contributed by atoms with Crippen molar-refractivity contribution in [2.75, 3.05) is 13.7 Å². The number of para-hydroxylation sites is 1. The van der Waals surface area contributed by atoms with Crippen LogP contribution >= 0.6 is 11.6 Å². The highest BCUT2D eigenvalue weighted by molar-refractivity contribution is 6.30. The van der Waals surface area contributed by atoms with Crippen molar-refractivity contribution in [2.24, 2.45) is 0 Å². The fraction of sp³-hybridized carbons (Fsp3) is 0.227. The van der Waals surface area contributed by atoms with Crippen molar-refractivity contribution in [3.8, 4) is 11.5 Å². The van der Waals surface area contributed by atoms with E-state index in [1.54, 1.807) is 38.3 Å². The number of carbonyl (C=O) groups excluding carboxylic acids is 1. The summed E-state index contributed by atoms with van der Waals surface area (Å²) < 4.78 is 17.3. The van der Waals surface area contributed by atoms with E-state index >= 15 is 0 Å². The van der Waals surface area contributed by atoms with Gasteiger partial charge in [0.1, 0.15) is 0 Å². The van der Waals surface area contributed by atoms with Crippen LogP contribution in [0.3, 0.4) is 0 Å². The predicted molar refractivity (Wildman–Crippen MR) is 107 cm³/mol. The van der Waals surface area contributed by atoms with E-state index in [4.69, 9.17) is 25.8 Å². The van der Waals surface area contributed by atoms with Gasteiger partial charge in [0, 0.05) is 24.1 Å². The molecule has 0 amide bonds. The van der Waals surface area contributed by atoms with Crippen LogP contribution in [-0.2, 0) is 9.53 Å². The van der Waals surface area contributed by atoms with Crippen LogP contribution < -0.4 is 9.47 Å². The molecule has 3 rings (SSSR count). The third kappa shape index (κ3) is 4.07. The van der Waals surface area contributed by atoms with E-state index in [9.17, 15) is 4.79 Å². The second-order valence-electron chi connectivity index (χ2n) is 6.17. The summed E-state index contributed by atoms with van der Waals surface area (Å²) >= 11 is 5.90. The van der Waals surface area contributed by atoms with Crippen LogP contribution in [0.2, 0.25) is 5.02 Å². The fourth-order valence-electron chi connectivity index (χ4n) is 2.97. The molecule has 0 spiro atoms. The first-order chi connectivity index (χ1) is 13.0. The van der Waals surface area contributed by atoms with Gasteiger partial charge < -0.3 is 14.2 Å². The molecule has 0 saturated carbocycles. The number of methoxy groups -OCH3 is 1. The summed E-state index contributed by atoms with van der Waals surface area (Å²) in [6.45, 7) is 4.00. The van der Waals surface area contributed by atoms with Gasteiger partial charge in [-0.25, -0.2) is 0 Å². The van der Waals surface area contributed by atoms with E-state index in [-0.39, 0.29) is 5.78 Å². The van der Waals surface area contributed by atoms with E-state index in [1.807, 2.05) is 37.3 Å². The molecule has 4 nitrogen and oxygen atoms in total. The molecule has 1 heterocycles. The second kappa shape index (κ2) is 7.99. The monoisotopic (exact) mass is 384 g/mol. The van der Waals surface area contributed by atoms with Gasteiger partial charge in [-0.15, -0.1) is 0 Å². The maximum atomic E-state index is 12.9. The molecule has 0 radical (unpaired) electrons. The Hall–Kier alpha value is -2.56. The van der Waals surface area contributed by atoms with Gasteiger partial charge in [-0.1, -0.05) is 41.9 Å². The predicted octanol–water partition coefficient (Wildman–Crippen LogP) is 5.16. The number of hydrogen-bond donors (Lipinski definition) is 0. The Labute approximate surface area is 164 Å². The highest BCUT2D eigenvalue weighted by atomic mass is 35.5. The van der Waals surface area contributed by atoms with E-state index < -0.39 is 5.79 Å². The molecule has 1 aliphatic rings. The van der Waals surface area contributed by atoms with Crippen molar-refractivity contribution in [2.45, 2.75) is 19.6 Å². The number of hydrogen-bond acceptors (Lipinski definition) is 4. The molecular weight excluding hydrogens is 364 g/mol. The zero-order valence-corrected chi connectivity index (χ0v) is 16.2. The minimum absolute atomic E-state index is 0.186. The first kappa shape index (κ1) is 19.2. The Morgan fingerprint density at radius 2 is 1.96 bits per heavy atom. The van der Waals surface area contributed by atoms with Gasteiger partial charge in [-0.2, -0.15) is 0 Å². The average Bonchev–Trinajstić information content (AvgIpc) is 2.66. The van der Waals surface area contributed by atoms with Crippen LogP contribution in [0.4, 0.5) is 0 Å². The molecule has 1 unspecified atom stereocenters. The fourth-order valence-corrected chi connectivity index (χ4v) is 3.09. The standard InChI is InChI=1S/C22H21ClO4/c1-4-26-22(2)18(14-16-6-5-7-20(25-3)21(16)27-22)19(24)13-10-15-8-11-17(23)12-9-15/h5-14H,4H2,1-3H3/b13-10+. The van der Waals surface area contributed by atoms with Crippen LogP contribution in [0.15, 0.2) is 54.1 Å². The van der Waals surface area contributed by atoms with Crippen molar-refractivity contribution < 1.29 is 19.0 Å². The van der Waals surface area contributed by atoms with Crippen molar-refractivity contribution in [3.05, 3.63) is 70.3 Å². The van der Waals surface area contributed by atoms with E-state index in [2.05, 4.69) is 0 Å². The smallest absolute Gasteiger partial charge is 0.238 e. The summed E-state index contributed by atoms with van der Waals surface area (Å²) in [5, 5.41) is 0.649. The number of rotatable bonds is 6. The lowest BCUT2D eigenvalue weighted by molar-refractivity contribution is -0.147. The third-order valence-corrected chi connectivity index (χ3v) is 4.55. The normalized spacial score (nSPS) is 18.6. The molecular formula is C22H21ClO4. The molecule has 0 aliphatic carbocycles. The van der Waals surface area contributed by atoms with Crippen molar-refractivity contribution in [1.29, 1.82) is 0 Å². The number of ketones is 1. The van der Waals surface area contributed by atoms with Gasteiger partial charge in [0.15, 0.2) is 17.3 Å². The van der Waals surface area contributed by atoms with Crippen LogP contribution in [0.25, 0.3) is 12.2 Å². The van der Waals surface area contributed by atoms with Gasteiger partial charge in [0.05, 0.1) is 12.7 Å². The lowest BCUT2D eigenvalue weighted by atomic mass is 9.95. The zero-order chi connectivity index (χ0) is 19.4. The molecule has 0 fully saturated rings. The van der Waals surface area contributed by atoms with Gasteiger partial charge in [-0.05, 0) is 42.8 Å². The maximum absolute atomic E-state index is 12.9. The highest BCUT2D eigenvalue weighted by Gasteiger charge is 2.40. The number of carbonyl (C=O) groups is 1. The van der Waals surface area contributed by atoms with Crippen LogP contribution in [0.1, 0.15) is 25.0 Å². The Balaban J connectivity index is 1.97. The molecule has 0 saturated heterocycles. The summed E-state index contributed by atoms with van der Waals surface area (Å²) in [7, 11) is 1.58. The zero-order valence-electron chi connectivity index (χ0n) is 15.5. The first-order valence-corrected chi connectivity index (χ1v) is 9.05. The molecule has 1 atom stereocenters. The molecule has 1 aliphatic heterocycles. The van der Waals surface area contributed by atoms with Crippen LogP contribution in [0.5, 0.6) is 11.5 Å². The van der Waals surface area contributed by atoms with E-state index in [1.165, 1.54) is 6.08 Å². The summed E-state index contributed by atoms with van der Waals surface area (Å²) in [5.41, 5.74) is 2.08. The third-order valence-electron chi connectivity index (χ3n) is 4.30. The van der Waals surface area contributed by atoms with Crippen molar-refractivity contribution in [3.63, 3.8) is 0 Å². The molecule has 2 aromatic carbocycles. The van der Waals surface area contributed by atoms with Gasteiger partial charge in [0.25, 0.3) is 0 Å². The van der Waals surface area contributed by atoms with Crippen molar-refractivity contribution >= 4 is 29.5 Å². The largest absolute Gasteiger partial charge is 0.493 e. The van der Waals surface area contributed by atoms with Crippen LogP contribution in [-0.4, -0.2) is 25.3 Å². The molecule has 0 aromatic heterocycles. The lowest BCUT2D eigenvalue weighted by Crippen LogP contribution is -2.42. The SMILES string of the molecule is CCOC1(C)Oc2c(cccc2OC)C=C1C(=O)/C=C/c1ccc(Cl)cc1. The molecule has 0 bridgehead atoms. The van der Waals surface area contributed by atoms with Gasteiger partial charge in [0.2, 0.25) is 5.79 Å². The number of fused-ring (bicyclic) bond motifs is 1. The topological polar surface area (TPSA) is 44.8 Å². The second-order valence-corrected chi connectivity index (χ2v) is 6.60. The number of halogens is 1. The first-order valence-electron chi connectivity index (χ1n) is 8.67.